The number of nitrogens with one attached hydrogen (secondary N) is 1. The van der Waals surface area contributed by atoms with E-state index in [1.165, 1.54) is 10.6 Å². The van der Waals surface area contributed by atoms with Crippen molar-refractivity contribution in [2.24, 2.45) is 5.10 Å². The minimum Gasteiger partial charge on any atom is -0.375 e. The van der Waals surface area contributed by atoms with E-state index in [1.54, 1.807) is 0 Å². The molecule has 2 aromatic rings. The lowest BCUT2D eigenvalue weighted by molar-refractivity contribution is -0.132. The molecule has 3 rings (SSSR count). The average molecular weight is 407 g/mol. The molecule has 0 fully saturated rings. The minimum atomic E-state index is -0.0529. The van der Waals surface area contributed by atoms with Crippen molar-refractivity contribution in [3.05, 3.63) is 65.7 Å². The van der Waals surface area contributed by atoms with Gasteiger partial charge < -0.3 is 10.2 Å². The predicted molar refractivity (Wildman–Crippen MR) is 121 cm³/mol. The molecule has 1 N–H and O–H groups in total. The Bertz CT molecular complexity index is 878. The Balaban J connectivity index is 1.41. The fourth-order valence-corrected chi connectivity index (χ4v) is 3.38. The molecule has 0 saturated heterocycles. The molecule has 6 heteroatoms. The second-order valence-corrected chi connectivity index (χ2v) is 7.64. The molecule has 30 heavy (non-hydrogen) atoms. The van der Waals surface area contributed by atoms with Crippen LogP contribution in [-0.2, 0) is 9.59 Å². The van der Waals surface area contributed by atoms with Gasteiger partial charge in [0.15, 0.2) is 0 Å². The number of carbonyl (C=O) groups is 2. The summed E-state index contributed by atoms with van der Waals surface area (Å²) in [5.41, 5.74) is 4.29. The number of nitrogens with zero attached hydrogens (tertiary/aromatic N) is 3. The fraction of sp³-hybridized carbons (Fsp3) is 0.375. The van der Waals surface area contributed by atoms with Gasteiger partial charge in [0.2, 0.25) is 11.8 Å². The predicted octanol–water partition coefficient (Wildman–Crippen LogP) is 3.35. The molecule has 1 aliphatic heterocycles. The number of anilines is 1. The van der Waals surface area contributed by atoms with Gasteiger partial charge in [-0.05, 0) is 31.0 Å². The number of amides is 2. The summed E-state index contributed by atoms with van der Waals surface area (Å²) in [5, 5.41) is 8.89. The lowest BCUT2D eigenvalue weighted by Crippen LogP contribution is -2.36. The molecular formula is C24H30N4O2. The van der Waals surface area contributed by atoms with Gasteiger partial charge in [-0.2, -0.15) is 5.10 Å². The second kappa shape index (κ2) is 10.6. The zero-order valence-electron chi connectivity index (χ0n) is 17.8. The van der Waals surface area contributed by atoms with Gasteiger partial charge in [-0.3, -0.25) is 9.59 Å². The summed E-state index contributed by atoms with van der Waals surface area (Å²) in [4.78, 5) is 26.5. The molecule has 1 aliphatic rings. The summed E-state index contributed by atoms with van der Waals surface area (Å²) in [5.74, 6) is -0.0778. The molecular weight excluding hydrogens is 376 g/mol. The number of hydrogen-bond acceptors (Lipinski definition) is 4. The van der Waals surface area contributed by atoms with E-state index in [9.17, 15) is 9.59 Å². The fourth-order valence-electron chi connectivity index (χ4n) is 3.38. The van der Waals surface area contributed by atoms with Crippen molar-refractivity contribution >= 4 is 23.2 Å². The minimum absolute atomic E-state index is 0.0249. The molecule has 0 aliphatic carbocycles. The molecule has 0 atom stereocenters. The number of aryl methyl sites for hydroxylation is 1. The van der Waals surface area contributed by atoms with E-state index >= 15 is 0 Å². The van der Waals surface area contributed by atoms with Crippen LogP contribution in [0.3, 0.4) is 0 Å². The number of rotatable bonds is 9. The van der Waals surface area contributed by atoms with Gasteiger partial charge >= 0.3 is 0 Å². The first-order valence-corrected chi connectivity index (χ1v) is 10.5. The van der Waals surface area contributed by atoms with Crippen molar-refractivity contribution in [3.63, 3.8) is 0 Å². The van der Waals surface area contributed by atoms with Crippen LogP contribution in [0.5, 0.6) is 0 Å². The third-order valence-electron chi connectivity index (χ3n) is 5.23. The average Bonchev–Trinajstić information content (AvgIpc) is 2.77. The van der Waals surface area contributed by atoms with Crippen LogP contribution in [0, 0.1) is 6.92 Å². The molecule has 0 spiro atoms. The van der Waals surface area contributed by atoms with Crippen LogP contribution in [0.2, 0.25) is 0 Å². The van der Waals surface area contributed by atoms with E-state index in [1.807, 2.05) is 56.4 Å². The van der Waals surface area contributed by atoms with E-state index < -0.39 is 0 Å². The summed E-state index contributed by atoms with van der Waals surface area (Å²) in [6, 6.07) is 18.3. The van der Waals surface area contributed by atoms with Gasteiger partial charge in [0, 0.05) is 45.1 Å². The Kier molecular flexibility index (Phi) is 7.60. The van der Waals surface area contributed by atoms with Crippen LogP contribution in [0.1, 0.15) is 36.8 Å². The van der Waals surface area contributed by atoms with Crippen molar-refractivity contribution in [2.75, 3.05) is 31.6 Å². The monoisotopic (exact) mass is 406 g/mol. The molecule has 2 aromatic carbocycles. The standard InChI is InChI=1S/C24H30N4O2/c1-19-9-11-20(12-10-19)22-13-14-24(30)28(26-22)18-15-23(29)25-16-6-17-27(2)21-7-4-3-5-8-21/h3-5,7-12H,6,13-18H2,1-2H3,(H,25,29). The van der Waals surface area contributed by atoms with Gasteiger partial charge in [0.25, 0.3) is 0 Å². The quantitative estimate of drug-likeness (QED) is 0.650. The molecule has 0 unspecified atom stereocenters. The third kappa shape index (κ3) is 6.17. The van der Waals surface area contributed by atoms with Crippen LogP contribution in [0.4, 0.5) is 5.69 Å². The number of hydrogen-bond donors (Lipinski definition) is 1. The van der Waals surface area contributed by atoms with Gasteiger partial charge in [-0.1, -0.05) is 48.0 Å². The zero-order valence-corrected chi connectivity index (χ0v) is 17.8. The zero-order chi connectivity index (χ0) is 21.3. The number of hydrazone groups is 1. The Morgan fingerprint density at radius 1 is 1.10 bits per heavy atom. The van der Waals surface area contributed by atoms with Gasteiger partial charge in [0.1, 0.15) is 0 Å². The summed E-state index contributed by atoms with van der Waals surface area (Å²) >= 11 is 0. The van der Waals surface area contributed by atoms with E-state index in [4.69, 9.17) is 0 Å². The third-order valence-corrected chi connectivity index (χ3v) is 5.23. The van der Waals surface area contributed by atoms with E-state index in [-0.39, 0.29) is 18.2 Å². The van der Waals surface area contributed by atoms with Crippen molar-refractivity contribution < 1.29 is 9.59 Å². The smallest absolute Gasteiger partial charge is 0.243 e. The van der Waals surface area contributed by atoms with E-state index in [0.717, 1.165) is 29.9 Å². The summed E-state index contributed by atoms with van der Waals surface area (Å²) in [6.07, 6.45) is 2.18. The summed E-state index contributed by atoms with van der Waals surface area (Å²) < 4.78 is 0. The second-order valence-electron chi connectivity index (χ2n) is 7.64. The van der Waals surface area contributed by atoms with Gasteiger partial charge in [-0.25, -0.2) is 5.01 Å². The molecule has 2 amide bonds. The number of carbonyl (C=O) groups excluding carboxylic acids is 2. The highest BCUT2D eigenvalue weighted by Gasteiger charge is 2.21. The van der Waals surface area contributed by atoms with Crippen LogP contribution in [0.25, 0.3) is 0 Å². The first-order valence-electron chi connectivity index (χ1n) is 10.5. The Labute approximate surface area is 178 Å². The van der Waals surface area contributed by atoms with Crippen molar-refractivity contribution in [1.82, 2.24) is 10.3 Å². The van der Waals surface area contributed by atoms with Gasteiger partial charge in [0.05, 0.1) is 12.3 Å². The molecule has 158 valence electrons. The van der Waals surface area contributed by atoms with Crippen molar-refractivity contribution in [1.29, 1.82) is 0 Å². The normalized spacial score (nSPS) is 13.7. The lowest BCUT2D eigenvalue weighted by Gasteiger charge is -2.23. The van der Waals surface area contributed by atoms with E-state index in [0.29, 0.717) is 25.9 Å². The van der Waals surface area contributed by atoms with Crippen molar-refractivity contribution in [2.45, 2.75) is 32.6 Å². The Morgan fingerprint density at radius 3 is 2.57 bits per heavy atom. The van der Waals surface area contributed by atoms with Crippen molar-refractivity contribution in [3.8, 4) is 0 Å². The Hall–Kier alpha value is -3.15. The van der Waals surface area contributed by atoms with E-state index in [2.05, 4.69) is 27.5 Å². The number of benzene rings is 2. The molecule has 0 saturated carbocycles. The first-order chi connectivity index (χ1) is 14.5. The number of para-hydroxylation sites is 1. The maximum absolute atomic E-state index is 12.2. The summed E-state index contributed by atoms with van der Waals surface area (Å²) in [7, 11) is 2.04. The largest absolute Gasteiger partial charge is 0.375 e. The first kappa shape index (κ1) is 21.6. The van der Waals surface area contributed by atoms with Crippen LogP contribution < -0.4 is 10.2 Å². The van der Waals surface area contributed by atoms with Crippen LogP contribution >= 0.6 is 0 Å². The van der Waals surface area contributed by atoms with Crippen LogP contribution in [0.15, 0.2) is 59.7 Å². The molecule has 0 radical (unpaired) electrons. The van der Waals surface area contributed by atoms with Gasteiger partial charge in [-0.15, -0.1) is 0 Å². The summed E-state index contributed by atoms with van der Waals surface area (Å²) in [6.45, 7) is 3.82. The highest BCUT2D eigenvalue weighted by Crippen LogP contribution is 2.16. The topological polar surface area (TPSA) is 65.0 Å². The molecule has 6 nitrogen and oxygen atoms in total. The lowest BCUT2D eigenvalue weighted by atomic mass is 10.0. The highest BCUT2D eigenvalue weighted by atomic mass is 16.2. The molecule has 1 heterocycles. The highest BCUT2D eigenvalue weighted by molar-refractivity contribution is 6.04. The maximum Gasteiger partial charge on any atom is 0.243 e. The molecule has 0 aromatic heterocycles. The Morgan fingerprint density at radius 2 is 1.83 bits per heavy atom. The van der Waals surface area contributed by atoms with Crippen LogP contribution in [-0.4, -0.2) is 49.2 Å². The maximum atomic E-state index is 12.2. The molecule has 0 bridgehead atoms. The SMILES string of the molecule is Cc1ccc(C2=NN(CCC(=O)NCCCN(C)c3ccccc3)C(=O)CC2)cc1.